The number of esters is 1. The van der Waals surface area contributed by atoms with Gasteiger partial charge in [-0.1, -0.05) is 182 Å². The number of ether oxygens (including phenoxy) is 19. The Labute approximate surface area is 821 Å². The summed E-state index contributed by atoms with van der Waals surface area (Å²) in [5, 5.41) is 177. The molecule has 36 atom stereocenters. The highest BCUT2D eigenvalue weighted by atomic mass is 16.8. The standard InChI is InChI=1S/C97H126N6O40/c1-49(108)98-68-77(118)72(113)60(36-104)133-91(68)142-87-79(120)74(115)62(38-106)135-95(87)130-48-64-76(117)86(141-96-88(80(121)75(116)63(39-107)136-96)143-92-69(99-50(2)109)78(119)73(114)61(37-105)134-92)81(122)94(137-64)140-83-66(47-126-41-54-25-13-6-14-26-54)138-93(71(101-52(4)111)85(83)128-43-56-29-17-8-18-30-56)139-82-65(46-125-40-53-23-11-5-12-24-53)132-89(70(100-51(3)110)84(82)127-42-55-27-15-7-16-28-55)103-67(112)35-59(90(123)129-44-57-31-19-9-20-32-57)102-97(124)131-45-58-33-21-10-22-34-58/h5-34,59-66,68-89,91-96,104-107,113-122H,35-48H2,1-4H3,(H,98,108)(H,99,109)(H,100,110)(H,101,111)(H,102,124)(H,103,112)/t59-,60+,61+,62+,63+,64+,65+,66+,68+,69+,70+,71+,72+,73+,74+,75+,76+,77+,78+,79-,80-,81-,82+,83+,84+,85+,86-,87-,88-,89+,91-,92-,93-,94-,95-,96+/m0/s1. The van der Waals surface area contributed by atoms with Crippen molar-refractivity contribution < 1.29 is 195 Å². The van der Waals surface area contributed by atoms with E-state index in [-0.39, 0.29) is 39.6 Å². The molecule has 0 spiro atoms. The summed E-state index contributed by atoms with van der Waals surface area (Å²) < 4.78 is 123. The van der Waals surface area contributed by atoms with E-state index in [9.17, 15) is 100 Å². The quantitative estimate of drug-likeness (QED) is 0.0161. The molecule has 0 unspecified atom stereocenters. The van der Waals surface area contributed by atoms with Gasteiger partial charge in [-0.3, -0.25) is 24.0 Å². The van der Waals surface area contributed by atoms with Gasteiger partial charge in [0.15, 0.2) is 44.0 Å². The van der Waals surface area contributed by atoms with Crippen LogP contribution in [0.4, 0.5) is 4.79 Å². The second-order valence-corrected chi connectivity index (χ2v) is 35.4. The molecule has 20 N–H and O–H groups in total. The Morgan fingerprint density at radius 1 is 0.287 bits per heavy atom. The van der Waals surface area contributed by atoms with Crippen LogP contribution in [0, 0.1) is 0 Å². The zero-order chi connectivity index (χ0) is 102. The van der Waals surface area contributed by atoms with Gasteiger partial charge in [0.25, 0.3) is 0 Å². The van der Waals surface area contributed by atoms with E-state index in [1.165, 1.54) is 6.92 Å². The van der Waals surface area contributed by atoms with Crippen molar-refractivity contribution in [3.05, 3.63) is 215 Å². The molecular formula is C97H126N6O40. The van der Waals surface area contributed by atoms with Gasteiger partial charge in [0.1, 0.15) is 190 Å². The van der Waals surface area contributed by atoms with Crippen LogP contribution in [0.5, 0.6) is 0 Å². The molecule has 7 aliphatic rings. The fraction of sp³-hybridized carbons (Fsp3) is 0.557. The Morgan fingerprint density at radius 2 is 0.615 bits per heavy atom. The number of hydrogen-bond acceptors (Lipinski definition) is 40. The zero-order valence-electron chi connectivity index (χ0n) is 78.4. The molecule has 143 heavy (non-hydrogen) atoms. The van der Waals surface area contributed by atoms with Crippen molar-refractivity contribution in [3.63, 3.8) is 0 Å². The molecule has 7 saturated heterocycles. The third kappa shape index (κ3) is 29.6. The highest BCUT2D eigenvalue weighted by Crippen LogP contribution is 2.41. The molecule has 6 amide bonds. The minimum Gasteiger partial charge on any atom is -0.459 e. The maximum atomic E-state index is 15.2. The number of benzene rings is 6. The average Bonchev–Trinajstić information content (AvgIpc) is 0.752. The Morgan fingerprint density at radius 3 is 1.05 bits per heavy atom. The lowest BCUT2D eigenvalue weighted by Gasteiger charge is -2.52. The molecule has 0 radical (unpaired) electrons. The number of aliphatic hydroxyl groups excluding tert-OH is 14. The molecule has 0 bridgehead atoms. The molecular weight excluding hydrogens is 1890 g/mol. The van der Waals surface area contributed by atoms with Crippen molar-refractivity contribution in [3.8, 4) is 0 Å². The number of hydrogen-bond donors (Lipinski definition) is 20. The van der Waals surface area contributed by atoms with Gasteiger partial charge < -0.3 is 193 Å². The number of nitrogens with one attached hydrogen (secondary N) is 6. The van der Waals surface area contributed by atoms with E-state index in [0.717, 1.165) is 20.8 Å². The first-order valence-electron chi connectivity index (χ1n) is 46.7. The van der Waals surface area contributed by atoms with Gasteiger partial charge >= 0.3 is 12.1 Å². The maximum absolute atomic E-state index is 15.2. The molecule has 784 valence electrons. The van der Waals surface area contributed by atoms with E-state index >= 15 is 4.79 Å². The highest BCUT2D eigenvalue weighted by Gasteiger charge is 2.61. The molecule has 7 heterocycles. The van der Waals surface area contributed by atoms with Crippen LogP contribution < -0.4 is 31.9 Å². The van der Waals surface area contributed by atoms with Crippen LogP contribution in [0.2, 0.25) is 0 Å². The van der Waals surface area contributed by atoms with Crippen molar-refractivity contribution >= 4 is 41.6 Å². The first kappa shape index (κ1) is 110. The molecule has 13 rings (SSSR count). The molecule has 0 saturated carbocycles. The number of aliphatic hydroxyl groups is 14. The topological polar surface area (TPSA) is 650 Å². The molecule has 0 aromatic heterocycles. The van der Waals surface area contributed by atoms with Crippen LogP contribution in [0.3, 0.4) is 0 Å². The van der Waals surface area contributed by atoms with E-state index in [2.05, 4.69) is 31.9 Å². The fourth-order valence-electron chi connectivity index (χ4n) is 17.6. The number of rotatable bonds is 44. The molecule has 6 aromatic rings. The Bertz CT molecular complexity index is 4920. The first-order chi connectivity index (χ1) is 68.9. The smallest absolute Gasteiger partial charge is 0.408 e. The molecule has 46 heteroatoms. The first-order valence-corrected chi connectivity index (χ1v) is 46.7. The minimum absolute atomic E-state index is 0.0972. The van der Waals surface area contributed by atoms with E-state index in [0.29, 0.717) is 33.4 Å². The van der Waals surface area contributed by atoms with E-state index in [1.807, 2.05) is 0 Å². The summed E-state index contributed by atoms with van der Waals surface area (Å²) in [5.41, 5.74) is 3.47. The van der Waals surface area contributed by atoms with Gasteiger partial charge in [-0.2, -0.15) is 0 Å². The van der Waals surface area contributed by atoms with Crippen LogP contribution in [0.1, 0.15) is 67.5 Å². The lowest BCUT2D eigenvalue weighted by atomic mass is 9.92. The number of amides is 6. The van der Waals surface area contributed by atoms with Gasteiger partial charge in [-0.05, 0) is 33.4 Å². The van der Waals surface area contributed by atoms with E-state index < -0.39 is 315 Å². The predicted molar refractivity (Wildman–Crippen MR) is 485 cm³/mol. The second-order valence-electron chi connectivity index (χ2n) is 35.4. The number of carbonyl (C=O) groups excluding carboxylic acids is 7. The highest BCUT2D eigenvalue weighted by molar-refractivity contribution is 5.88. The van der Waals surface area contributed by atoms with Crippen LogP contribution >= 0.6 is 0 Å². The summed E-state index contributed by atoms with van der Waals surface area (Å²) in [5.74, 6) is -5.19. The van der Waals surface area contributed by atoms with Crippen LogP contribution in [0.25, 0.3) is 0 Å². The monoisotopic (exact) mass is 2010 g/mol. The van der Waals surface area contributed by atoms with Crippen LogP contribution in [-0.4, -0.2) is 380 Å². The lowest BCUT2D eigenvalue weighted by molar-refractivity contribution is -0.397. The Hall–Kier alpha value is -9.83. The largest absolute Gasteiger partial charge is 0.459 e. The third-order valence-corrected chi connectivity index (χ3v) is 24.8. The van der Waals surface area contributed by atoms with Gasteiger partial charge in [0, 0.05) is 27.7 Å². The molecule has 7 aliphatic heterocycles. The zero-order valence-corrected chi connectivity index (χ0v) is 78.4. The summed E-state index contributed by atoms with van der Waals surface area (Å²) in [6.45, 7) is -3.33. The van der Waals surface area contributed by atoms with Crippen LogP contribution in [-0.2, 0) is 158 Å². The Kier molecular flexibility index (Phi) is 41.3. The van der Waals surface area contributed by atoms with Crippen molar-refractivity contribution in [2.45, 2.75) is 294 Å². The van der Waals surface area contributed by atoms with Crippen molar-refractivity contribution in [2.75, 3.05) is 46.2 Å². The molecule has 46 nitrogen and oxygen atoms in total. The summed E-state index contributed by atoms with van der Waals surface area (Å²) in [6, 6.07) is 43.5. The maximum Gasteiger partial charge on any atom is 0.408 e. The number of alkyl carbamates (subject to hydrolysis) is 1. The van der Waals surface area contributed by atoms with Crippen LogP contribution in [0.15, 0.2) is 182 Å². The second kappa shape index (κ2) is 53.5. The molecule has 6 aromatic carbocycles. The van der Waals surface area contributed by atoms with Gasteiger partial charge in [0.2, 0.25) is 29.5 Å². The SMILES string of the molecule is CC(=O)N[C@@H]1[C@@H](OCc2ccccc2)[C@H](O[C@@H]2O[C@H](COCc3ccccc3)[C@@H](O[C@@H]3O[C@H](CO[C@H]4O[C@H](CO)[C@@H](O)[C@H](O)[C@@H]4O[C@@H]4O[C@H](CO)[C@@H](O)[C@H](O)[C@H]4NC(C)=O)[C@@H](O)[C@H](O[C@H]4O[C@H](CO)[C@@H](O)[C@H](O)[C@@H]4O[C@@H]4O[C@H](CO)[C@@H](O)[C@H](O)[C@H]4NC(C)=O)[C@@H]3O)[C@H](OCc3ccccc3)[C@H]2NC(C)=O)[C@@H](COCc2ccccc2)O[C@H]1NC(=O)C[C@H](NC(=O)OCc1ccccc1)C(=O)OCc1ccccc1. The summed E-state index contributed by atoms with van der Waals surface area (Å²) in [7, 11) is 0. The Balaban J connectivity index is 0.907. The molecule has 0 aliphatic carbocycles. The summed E-state index contributed by atoms with van der Waals surface area (Å²) in [6.07, 6.45) is -63.1. The average molecular weight is 2020 g/mol. The van der Waals surface area contributed by atoms with Crippen molar-refractivity contribution in [2.24, 2.45) is 0 Å². The minimum atomic E-state index is -2.48. The summed E-state index contributed by atoms with van der Waals surface area (Å²) in [4.78, 5) is 97.5. The molecule has 7 fully saturated rings. The predicted octanol–water partition coefficient (Wildman–Crippen LogP) is -4.25. The van der Waals surface area contributed by atoms with E-state index in [4.69, 9.17) is 90.0 Å². The summed E-state index contributed by atoms with van der Waals surface area (Å²) >= 11 is 0. The third-order valence-electron chi connectivity index (χ3n) is 24.8. The van der Waals surface area contributed by atoms with Crippen molar-refractivity contribution in [1.29, 1.82) is 0 Å². The van der Waals surface area contributed by atoms with Gasteiger partial charge in [-0.15, -0.1) is 0 Å². The lowest BCUT2D eigenvalue weighted by Crippen LogP contribution is -2.72. The van der Waals surface area contributed by atoms with E-state index in [1.54, 1.807) is 182 Å². The van der Waals surface area contributed by atoms with Gasteiger partial charge in [-0.25, -0.2) is 9.59 Å². The van der Waals surface area contributed by atoms with Crippen molar-refractivity contribution in [1.82, 2.24) is 31.9 Å². The fourth-order valence-corrected chi connectivity index (χ4v) is 17.6. The normalized spacial score (nSPS) is 34.2. The number of carbonyl (C=O) groups is 7. The van der Waals surface area contributed by atoms with Gasteiger partial charge in [0.05, 0.1) is 79.1 Å².